The first-order valence-electron chi connectivity index (χ1n) is 10.2. The van der Waals surface area contributed by atoms with Gasteiger partial charge in [-0.1, -0.05) is 52.7 Å². The van der Waals surface area contributed by atoms with E-state index in [2.05, 4.69) is 5.32 Å². The predicted octanol–water partition coefficient (Wildman–Crippen LogP) is 6.69. The summed E-state index contributed by atoms with van der Waals surface area (Å²) in [6.45, 7) is 4.45. The largest absolute Gasteiger partial charge is 0.494 e. The number of anilines is 2. The van der Waals surface area contributed by atoms with Crippen LogP contribution in [-0.4, -0.2) is 18.4 Å². The fraction of sp³-hybridized carbons (Fsp3) is 0.120. The molecule has 33 heavy (non-hydrogen) atoms. The molecule has 0 fully saturated rings. The minimum absolute atomic E-state index is 0.181. The fourth-order valence-corrected chi connectivity index (χ4v) is 4.69. The number of aryl methyl sites for hydroxylation is 1. The minimum atomic E-state index is -0.493. The lowest BCUT2D eigenvalue weighted by molar-refractivity contribution is -0.120. The van der Waals surface area contributed by atoms with Crippen molar-refractivity contribution >= 4 is 58.2 Å². The van der Waals surface area contributed by atoms with Gasteiger partial charge < -0.3 is 10.1 Å². The van der Waals surface area contributed by atoms with Crippen molar-refractivity contribution in [3.8, 4) is 5.75 Å². The Bertz CT molecular complexity index is 1240. The number of ether oxygens (including phenoxy) is 1. The third-order valence-electron chi connectivity index (χ3n) is 4.87. The summed E-state index contributed by atoms with van der Waals surface area (Å²) < 4.78 is 5.48. The third-order valence-corrected chi connectivity index (χ3v) is 6.50. The molecule has 168 valence electrons. The molecule has 1 N–H and O–H groups in total. The summed E-state index contributed by atoms with van der Waals surface area (Å²) in [5.41, 5.74) is 2.22. The lowest BCUT2D eigenvalue weighted by atomic mass is 10.2. The highest BCUT2D eigenvalue weighted by Gasteiger charge is 2.41. The van der Waals surface area contributed by atoms with Crippen molar-refractivity contribution in [3.05, 3.63) is 92.9 Å². The monoisotopic (exact) mass is 498 g/mol. The number of amides is 2. The van der Waals surface area contributed by atoms with Gasteiger partial charge >= 0.3 is 0 Å². The number of thioether (sulfide) groups is 1. The van der Waals surface area contributed by atoms with Gasteiger partial charge in [0.15, 0.2) is 0 Å². The SMILES string of the molecule is CCOc1ccc(NC2=C(Sc3ccc(C)cc3)C(=O)N(c3ccc(Cl)cc3Cl)C2=O)cc1. The van der Waals surface area contributed by atoms with E-state index in [4.69, 9.17) is 27.9 Å². The van der Waals surface area contributed by atoms with Crippen molar-refractivity contribution in [3.63, 3.8) is 0 Å². The molecule has 0 saturated heterocycles. The topological polar surface area (TPSA) is 58.6 Å². The number of nitrogens with one attached hydrogen (secondary N) is 1. The van der Waals surface area contributed by atoms with Gasteiger partial charge in [0, 0.05) is 15.6 Å². The van der Waals surface area contributed by atoms with Crippen LogP contribution in [0.15, 0.2) is 82.2 Å². The van der Waals surface area contributed by atoms with Crippen LogP contribution in [0.25, 0.3) is 0 Å². The lowest BCUT2D eigenvalue weighted by Crippen LogP contribution is -2.32. The highest BCUT2D eigenvalue weighted by molar-refractivity contribution is 8.04. The van der Waals surface area contributed by atoms with Gasteiger partial charge in [0.25, 0.3) is 11.8 Å². The van der Waals surface area contributed by atoms with E-state index in [0.29, 0.717) is 17.3 Å². The van der Waals surface area contributed by atoms with Gasteiger partial charge in [-0.25, -0.2) is 4.90 Å². The lowest BCUT2D eigenvalue weighted by Gasteiger charge is -2.17. The van der Waals surface area contributed by atoms with Crippen molar-refractivity contribution in [2.75, 3.05) is 16.8 Å². The second kappa shape index (κ2) is 9.91. The Morgan fingerprint density at radius 3 is 2.27 bits per heavy atom. The van der Waals surface area contributed by atoms with Crippen LogP contribution in [0.2, 0.25) is 10.0 Å². The van der Waals surface area contributed by atoms with Crippen LogP contribution in [0.1, 0.15) is 12.5 Å². The maximum atomic E-state index is 13.4. The number of hydrogen-bond donors (Lipinski definition) is 1. The average molecular weight is 499 g/mol. The van der Waals surface area contributed by atoms with Gasteiger partial charge in [0.05, 0.1) is 17.3 Å². The van der Waals surface area contributed by atoms with Crippen LogP contribution in [0.4, 0.5) is 11.4 Å². The van der Waals surface area contributed by atoms with Crippen LogP contribution < -0.4 is 15.0 Å². The summed E-state index contributed by atoms with van der Waals surface area (Å²) in [4.78, 5) is 29.1. The Kier molecular flexibility index (Phi) is 6.98. The number of halogens is 2. The van der Waals surface area contributed by atoms with Crippen LogP contribution in [-0.2, 0) is 9.59 Å². The molecule has 1 aliphatic heterocycles. The van der Waals surface area contributed by atoms with E-state index in [1.54, 1.807) is 36.4 Å². The second-order valence-corrected chi connectivity index (χ2v) is 9.17. The molecule has 1 aliphatic rings. The smallest absolute Gasteiger partial charge is 0.283 e. The van der Waals surface area contributed by atoms with Crippen molar-refractivity contribution in [2.24, 2.45) is 0 Å². The highest BCUT2D eigenvalue weighted by Crippen LogP contribution is 2.40. The maximum absolute atomic E-state index is 13.4. The van der Waals surface area contributed by atoms with E-state index < -0.39 is 11.8 Å². The van der Waals surface area contributed by atoms with Gasteiger partial charge in [-0.05, 0) is 68.4 Å². The molecule has 8 heteroatoms. The molecule has 3 aromatic rings. The second-order valence-electron chi connectivity index (χ2n) is 7.24. The van der Waals surface area contributed by atoms with E-state index in [9.17, 15) is 9.59 Å². The summed E-state index contributed by atoms with van der Waals surface area (Å²) in [5, 5.41) is 3.75. The van der Waals surface area contributed by atoms with Crippen molar-refractivity contribution in [1.29, 1.82) is 0 Å². The summed E-state index contributed by atoms with van der Waals surface area (Å²) in [6.07, 6.45) is 0. The molecule has 1 heterocycles. The molecule has 3 aromatic carbocycles. The molecule has 0 spiro atoms. The standard InChI is InChI=1S/C25H20Cl2N2O3S/c1-3-32-18-9-7-17(8-10-18)28-22-23(33-19-11-4-15(2)5-12-19)25(31)29(24(22)30)21-13-6-16(26)14-20(21)27/h4-14,28H,3H2,1-2H3. The summed E-state index contributed by atoms with van der Waals surface area (Å²) in [6, 6.07) is 19.6. The molecular formula is C25H20Cl2N2O3S. The number of nitrogens with zero attached hydrogens (tertiary/aromatic N) is 1. The molecule has 0 aliphatic carbocycles. The summed E-state index contributed by atoms with van der Waals surface area (Å²) in [7, 11) is 0. The Labute approximate surface area is 206 Å². The third kappa shape index (κ3) is 5.03. The van der Waals surface area contributed by atoms with Gasteiger partial charge in [0.1, 0.15) is 16.4 Å². The first-order chi connectivity index (χ1) is 15.9. The number of hydrogen-bond acceptors (Lipinski definition) is 5. The zero-order valence-electron chi connectivity index (χ0n) is 17.9. The highest BCUT2D eigenvalue weighted by atomic mass is 35.5. The van der Waals surface area contributed by atoms with Gasteiger partial charge in [-0.15, -0.1) is 0 Å². The predicted molar refractivity (Wildman–Crippen MR) is 134 cm³/mol. The zero-order valence-corrected chi connectivity index (χ0v) is 20.2. The molecule has 5 nitrogen and oxygen atoms in total. The number of carbonyl (C=O) groups is 2. The first kappa shape index (κ1) is 23.2. The quantitative estimate of drug-likeness (QED) is 0.367. The Morgan fingerprint density at radius 2 is 1.64 bits per heavy atom. The van der Waals surface area contributed by atoms with E-state index in [1.807, 2.05) is 38.1 Å². The molecule has 0 saturated carbocycles. The van der Waals surface area contributed by atoms with Crippen LogP contribution in [0, 0.1) is 6.92 Å². The number of imide groups is 1. The minimum Gasteiger partial charge on any atom is -0.494 e. The Balaban J connectivity index is 1.72. The van der Waals surface area contributed by atoms with E-state index in [0.717, 1.165) is 21.1 Å². The van der Waals surface area contributed by atoms with E-state index >= 15 is 0 Å². The summed E-state index contributed by atoms with van der Waals surface area (Å²) >= 11 is 13.6. The van der Waals surface area contributed by atoms with Crippen molar-refractivity contribution in [1.82, 2.24) is 0 Å². The molecule has 0 atom stereocenters. The van der Waals surface area contributed by atoms with Gasteiger partial charge in [-0.3, -0.25) is 9.59 Å². The van der Waals surface area contributed by atoms with E-state index in [1.165, 1.54) is 17.8 Å². The molecule has 4 rings (SSSR count). The molecular weight excluding hydrogens is 479 g/mol. The average Bonchev–Trinajstić information content (AvgIpc) is 3.01. The van der Waals surface area contributed by atoms with Crippen LogP contribution in [0.3, 0.4) is 0 Å². The normalized spacial score (nSPS) is 13.6. The van der Waals surface area contributed by atoms with Gasteiger partial charge in [0.2, 0.25) is 0 Å². The number of benzene rings is 3. The molecule has 2 amide bonds. The molecule has 0 unspecified atom stereocenters. The fourth-order valence-electron chi connectivity index (χ4n) is 3.27. The van der Waals surface area contributed by atoms with Gasteiger partial charge in [-0.2, -0.15) is 0 Å². The van der Waals surface area contributed by atoms with Crippen LogP contribution >= 0.6 is 35.0 Å². The first-order valence-corrected chi connectivity index (χ1v) is 11.8. The Hall–Kier alpha value is -2.93. The number of carbonyl (C=O) groups excluding carboxylic acids is 2. The summed E-state index contributed by atoms with van der Waals surface area (Å²) in [5.74, 6) is -0.231. The van der Waals surface area contributed by atoms with Crippen LogP contribution in [0.5, 0.6) is 5.75 Å². The molecule has 0 radical (unpaired) electrons. The van der Waals surface area contributed by atoms with E-state index in [-0.39, 0.29) is 21.3 Å². The Morgan fingerprint density at radius 1 is 0.939 bits per heavy atom. The zero-order chi connectivity index (χ0) is 23.5. The van der Waals surface area contributed by atoms with Crippen molar-refractivity contribution < 1.29 is 14.3 Å². The maximum Gasteiger partial charge on any atom is 0.283 e. The molecule has 0 bridgehead atoms. The molecule has 0 aromatic heterocycles. The number of rotatable bonds is 7. The van der Waals surface area contributed by atoms with Crippen molar-refractivity contribution in [2.45, 2.75) is 18.7 Å².